The molecule has 0 aromatic carbocycles. The van der Waals surface area contributed by atoms with Crippen molar-refractivity contribution >= 4 is 22.9 Å². The molecule has 0 saturated heterocycles. The number of hydrogen-bond donors (Lipinski definition) is 1. The van der Waals surface area contributed by atoms with Gasteiger partial charge in [-0.15, -0.1) is 11.3 Å². The molecule has 2 rings (SSSR count). The van der Waals surface area contributed by atoms with Crippen LogP contribution >= 0.6 is 22.9 Å². The molecule has 3 nitrogen and oxygen atoms in total. The van der Waals surface area contributed by atoms with E-state index in [2.05, 4.69) is 44.2 Å². The maximum absolute atomic E-state index is 6.45. The lowest BCUT2D eigenvalue weighted by atomic mass is 10.1. The molecule has 2 heterocycles. The molecular weight excluding hydrogens is 302 g/mol. The third kappa shape index (κ3) is 3.50. The van der Waals surface area contributed by atoms with E-state index in [0.717, 1.165) is 35.9 Å². The summed E-state index contributed by atoms with van der Waals surface area (Å²) in [5.41, 5.74) is 3.41. The predicted octanol–water partition coefficient (Wildman–Crippen LogP) is 4.44. The van der Waals surface area contributed by atoms with Gasteiger partial charge in [0.15, 0.2) is 0 Å². The Morgan fingerprint density at radius 2 is 2.05 bits per heavy atom. The predicted molar refractivity (Wildman–Crippen MR) is 91.6 cm³/mol. The molecule has 2 aromatic rings. The average Bonchev–Trinajstić information content (AvgIpc) is 2.92. The number of thiophene rings is 1. The van der Waals surface area contributed by atoms with Crippen molar-refractivity contribution in [2.75, 3.05) is 6.54 Å². The van der Waals surface area contributed by atoms with Crippen molar-refractivity contribution in [3.63, 3.8) is 0 Å². The van der Waals surface area contributed by atoms with Crippen LogP contribution in [0.25, 0.3) is 0 Å². The van der Waals surface area contributed by atoms with Gasteiger partial charge < -0.3 is 5.32 Å². The van der Waals surface area contributed by atoms with Crippen molar-refractivity contribution in [2.24, 2.45) is 0 Å². The number of nitrogens with one attached hydrogen (secondary N) is 1. The van der Waals surface area contributed by atoms with Gasteiger partial charge in [0.2, 0.25) is 0 Å². The second-order valence-electron chi connectivity index (χ2n) is 5.36. The van der Waals surface area contributed by atoms with E-state index in [0.29, 0.717) is 6.04 Å². The fraction of sp³-hybridized carbons (Fsp3) is 0.562. The maximum atomic E-state index is 6.45. The van der Waals surface area contributed by atoms with Crippen molar-refractivity contribution in [3.05, 3.63) is 37.8 Å². The molecule has 1 unspecified atom stereocenters. The Morgan fingerprint density at radius 1 is 1.33 bits per heavy atom. The number of aryl methyl sites for hydroxylation is 4. The molecule has 21 heavy (non-hydrogen) atoms. The molecule has 0 bridgehead atoms. The van der Waals surface area contributed by atoms with E-state index in [-0.39, 0.29) is 0 Å². The second kappa shape index (κ2) is 6.95. The minimum atomic E-state index is 0.298. The van der Waals surface area contributed by atoms with Crippen molar-refractivity contribution in [2.45, 2.75) is 53.6 Å². The van der Waals surface area contributed by atoms with Crippen molar-refractivity contribution in [1.82, 2.24) is 15.1 Å². The zero-order valence-corrected chi connectivity index (χ0v) is 15.0. The molecule has 0 aliphatic heterocycles. The van der Waals surface area contributed by atoms with Crippen molar-refractivity contribution in [1.29, 1.82) is 0 Å². The van der Waals surface area contributed by atoms with Crippen molar-refractivity contribution < 1.29 is 0 Å². The molecule has 0 saturated carbocycles. The smallest absolute Gasteiger partial charge is 0.0847 e. The van der Waals surface area contributed by atoms with Gasteiger partial charge in [-0.2, -0.15) is 5.10 Å². The quantitative estimate of drug-likeness (QED) is 0.851. The Kier molecular flexibility index (Phi) is 5.47. The lowest BCUT2D eigenvalue weighted by Crippen LogP contribution is -2.23. The molecule has 0 aliphatic rings. The largest absolute Gasteiger partial charge is 0.309 e. The first-order valence-electron chi connectivity index (χ1n) is 7.49. The SMILES string of the molecule is CCNC(Cc1c(Cl)c(C)nn1CC)c1cc(C)c(C)s1. The average molecular weight is 326 g/mol. The standard InChI is InChI=1S/C16H24ClN3S/c1-6-18-13(15-8-10(3)12(5)21-15)9-14-16(17)11(4)19-20(14)7-2/h8,13,18H,6-7,9H2,1-5H3. The van der Waals surface area contributed by atoms with Crippen LogP contribution in [0, 0.1) is 20.8 Å². The first kappa shape index (κ1) is 16.5. The molecule has 1 N–H and O–H groups in total. The molecule has 5 heteroatoms. The second-order valence-corrected chi connectivity index (χ2v) is 7.03. The third-order valence-electron chi connectivity index (χ3n) is 3.83. The zero-order valence-electron chi connectivity index (χ0n) is 13.5. The van der Waals surface area contributed by atoms with E-state index in [1.165, 1.54) is 15.3 Å². The number of likely N-dealkylation sites (N-methyl/N-ethyl adjacent to an activating group) is 1. The highest BCUT2D eigenvalue weighted by Crippen LogP contribution is 2.31. The van der Waals surface area contributed by atoms with Crippen LogP contribution in [-0.2, 0) is 13.0 Å². The fourth-order valence-corrected chi connectivity index (χ4v) is 3.88. The molecular formula is C16H24ClN3S. The van der Waals surface area contributed by atoms with Crippen LogP contribution in [0.15, 0.2) is 6.07 Å². The van der Waals surface area contributed by atoms with E-state index >= 15 is 0 Å². The number of rotatable bonds is 6. The summed E-state index contributed by atoms with van der Waals surface area (Å²) < 4.78 is 2.02. The Morgan fingerprint density at radius 3 is 2.57 bits per heavy atom. The minimum absolute atomic E-state index is 0.298. The zero-order chi connectivity index (χ0) is 15.6. The summed E-state index contributed by atoms with van der Waals surface area (Å²) in [5, 5.41) is 8.91. The maximum Gasteiger partial charge on any atom is 0.0847 e. The number of hydrogen-bond acceptors (Lipinski definition) is 3. The van der Waals surface area contributed by atoms with E-state index < -0.39 is 0 Å². The van der Waals surface area contributed by atoms with Gasteiger partial charge in [-0.25, -0.2) is 0 Å². The molecule has 0 spiro atoms. The van der Waals surface area contributed by atoms with Crippen LogP contribution in [0.1, 0.15) is 46.6 Å². The molecule has 116 valence electrons. The third-order valence-corrected chi connectivity index (χ3v) is 5.59. The van der Waals surface area contributed by atoms with Gasteiger partial charge in [0, 0.05) is 28.8 Å². The Hall–Kier alpha value is -0.840. The van der Waals surface area contributed by atoms with Gasteiger partial charge in [-0.05, 0) is 45.9 Å². The minimum Gasteiger partial charge on any atom is -0.309 e. The van der Waals surface area contributed by atoms with E-state index in [9.17, 15) is 0 Å². The number of aromatic nitrogens is 2. The van der Waals surface area contributed by atoms with Gasteiger partial charge in [0.25, 0.3) is 0 Å². The summed E-state index contributed by atoms with van der Waals surface area (Å²) in [4.78, 5) is 2.77. The Bertz CT molecular complexity index is 596. The molecule has 0 aliphatic carbocycles. The highest BCUT2D eigenvalue weighted by atomic mass is 35.5. The van der Waals surface area contributed by atoms with Crippen LogP contribution in [-0.4, -0.2) is 16.3 Å². The first-order chi connectivity index (χ1) is 9.97. The summed E-state index contributed by atoms with van der Waals surface area (Å²) >= 11 is 8.33. The van der Waals surface area contributed by atoms with E-state index in [1.54, 1.807) is 0 Å². The summed E-state index contributed by atoms with van der Waals surface area (Å²) in [7, 11) is 0. The lowest BCUT2D eigenvalue weighted by Gasteiger charge is -2.17. The number of halogens is 1. The monoisotopic (exact) mass is 325 g/mol. The van der Waals surface area contributed by atoms with Gasteiger partial charge in [-0.1, -0.05) is 18.5 Å². The first-order valence-corrected chi connectivity index (χ1v) is 8.69. The Labute approximate surface area is 136 Å². The normalized spacial score (nSPS) is 12.9. The summed E-state index contributed by atoms with van der Waals surface area (Å²) in [6.45, 7) is 12.4. The topological polar surface area (TPSA) is 29.9 Å². The van der Waals surface area contributed by atoms with Crippen LogP contribution in [0.4, 0.5) is 0 Å². The molecule has 0 fully saturated rings. The van der Waals surface area contributed by atoms with Gasteiger partial charge in [-0.3, -0.25) is 4.68 Å². The van der Waals surface area contributed by atoms with Crippen LogP contribution < -0.4 is 5.32 Å². The summed E-state index contributed by atoms with van der Waals surface area (Å²) in [5.74, 6) is 0. The summed E-state index contributed by atoms with van der Waals surface area (Å²) in [6.07, 6.45) is 0.876. The molecule has 1 atom stereocenters. The van der Waals surface area contributed by atoms with E-state index in [4.69, 9.17) is 11.6 Å². The van der Waals surface area contributed by atoms with Gasteiger partial charge in [0.1, 0.15) is 0 Å². The lowest BCUT2D eigenvalue weighted by molar-refractivity contribution is 0.522. The molecule has 0 radical (unpaired) electrons. The van der Waals surface area contributed by atoms with Crippen LogP contribution in [0.5, 0.6) is 0 Å². The highest BCUT2D eigenvalue weighted by Gasteiger charge is 2.20. The number of nitrogens with zero attached hydrogens (tertiary/aromatic N) is 2. The molecule has 2 aromatic heterocycles. The van der Waals surface area contributed by atoms with Gasteiger partial charge >= 0.3 is 0 Å². The fourth-order valence-electron chi connectivity index (χ4n) is 2.55. The van der Waals surface area contributed by atoms with Crippen molar-refractivity contribution in [3.8, 4) is 0 Å². The highest BCUT2D eigenvalue weighted by molar-refractivity contribution is 7.12. The van der Waals surface area contributed by atoms with Crippen LogP contribution in [0.3, 0.4) is 0 Å². The molecule has 0 amide bonds. The Balaban J connectivity index is 2.32. The van der Waals surface area contributed by atoms with Gasteiger partial charge in [0.05, 0.1) is 16.4 Å². The summed E-state index contributed by atoms with van der Waals surface area (Å²) in [6, 6.07) is 2.59. The van der Waals surface area contributed by atoms with Crippen LogP contribution in [0.2, 0.25) is 5.02 Å². The van der Waals surface area contributed by atoms with E-state index in [1.807, 2.05) is 22.9 Å².